The van der Waals surface area contributed by atoms with E-state index in [1.54, 1.807) is 41.5 Å². The zero-order valence-electron chi connectivity index (χ0n) is 12.2. The third-order valence-corrected chi connectivity index (χ3v) is 3.01. The predicted molar refractivity (Wildman–Crippen MR) is 69.6 cm³/mol. The molecule has 0 rings (SSSR count). The largest absolute Gasteiger partial charge is 0.479 e. The van der Waals surface area contributed by atoms with Crippen LogP contribution in [0.3, 0.4) is 0 Å². The third kappa shape index (κ3) is 3.62. The molecular weight excluding hydrogens is 234 g/mol. The van der Waals surface area contributed by atoms with Gasteiger partial charge >= 0.3 is 12.1 Å². The highest BCUT2D eigenvalue weighted by Crippen LogP contribution is 2.26. The number of hydrogen-bond acceptors (Lipinski definition) is 3. The van der Waals surface area contributed by atoms with Crippen molar-refractivity contribution in [1.82, 2.24) is 4.90 Å². The van der Waals surface area contributed by atoms with Gasteiger partial charge in [-0.25, -0.2) is 9.59 Å². The molecule has 1 amide bonds. The second-order valence-electron chi connectivity index (χ2n) is 5.27. The van der Waals surface area contributed by atoms with Gasteiger partial charge in [-0.1, -0.05) is 13.8 Å². The minimum atomic E-state index is -1.18. The Labute approximate surface area is 109 Å². The highest BCUT2D eigenvalue weighted by atomic mass is 16.6. The van der Waals surface area contributed by atoms with Gasteiger partial charge in [-0.15, -0.1) is 0 Å². The molecule has 0 aliphatic heterocycles. The van der Waals surface area contributed by atoms with Gasteiger partial charge in [0.15, 0.2) is 0 Å². The molecule has 0 saturated heterocycles. The highest BCUT2D eigenvalue weighted by Gasteiger charge is 2.44. The van der Waals surface area contributed by atoms with Crippen LogP contribution >= 0.6 is 0 Å². The average molecular weight is 259 g/mol. The molecular formula is C13H25NO4. The summed E-state index contributed by atoms with van der Waals surface area (Å²) >= 11 is 0. The van der Waals surface area contributed by atoms with Crippen molar-refractivity contribution in [2.75, 3.05) is 6.54 Å². The minimum Gasteiger partial charge on any atom is -0.479 e. The molecule has 0 heterocycles. The fraction of sp³-hybridized carbons (Fsp3) is 0.846. The highest BCUT2D eigenvalue weighted by molar-refractivity contribution is 5.84. The maximum absolute atomic E-state index is 12.1. The summed E-state index contributed by atoms with van der Waals surface area (Å²) in [6.07, 6.45) is 0.133. The van der Waals surface area contributed by atoms with Gasteiger partial charge < -0.3 is 9.84 Å². The Kier molecular flexibility index (Phi) is 5.64. The summed E-state index contributed by atoms with van der Waals surface area (Å²) in [5.41, 5.74) is -1.81. The van der Waals surface area contributed by atoms with Gasteiger partial charge in [-0.3, -0.25) is 4.90 Å². The number of rotatable bonds is 5. The fourth-order valence-electron chi connectivity index (χ4n) is 1.97. The lowest BCUT2D eigenvalue weighted by atomic mass is 9.91. The van der Waals surface area contributed by atoms with E-state index in [1.807, 2.05) is 0 Å². The van der Waals surface area contributed by atoms with Gasteiger partial charge in [0.1, 0.15) is 11.1 Å². The predicted octanol–water partition coefficient (Wildman–Crippen LogP) is 2.89. The van der Waals surface area contributed by atoms with Gasteiger partial charge in [0.25, 0.3) is 0 Å². The molecule has 0 radical (unpaired) electrons. The molecule has 0 fully saturated rings. The smallest absolute Gasteiger partial charge is 0.411 e. The first-order chi connectivity index (χ1) is 8.14. The quantitative estimate of drug-likeness (QED) is 0.824. The lowest BCUT2D eigenvalue weighted by Crippen LogP contribution is -2.57. The summed E-state index contributed by atoms with van der Waals surface area (Å²) < 4.78 is 5.27. The summed E-state index contributed by atoms with van der Waals surface area (Å²) in [7, 11) is 0. The van der Waals surface area contributed by atoms with E-state index in [4.69, 9.17) is 4.74 Å². The number of hydrogen-bond donors (Lipinski definition) is 1. The van der Waals surface area contributed by atoms with Gasteiger partial charge in [-0.05, 0) is 40.5 Å². The number of nitrogens with zero attached hydrogens (tertiary/aromatic N) is 1. The number of likely N-dealkylation sites (N-methyl/N-ethyl adjacent to an activating group) is 1. The van der Waals surface area contributed by atoms with Crippen molar-refractivity contribution in [3.05, 3.63) is 0 Å². The maximum atomic E-state index is 12.1. The first-order valence-corrected chi connectivity index (χ1v) is 6.38. The van der Waals surface area contributed by atoms with Crippen LogP contribution in [-0.2, 0) is 9.53 Å². The van der Waals surface area contributed by atoms with Crippen molar-refractivity contribution in [1.29, 1.82) is 0 Å². The Morgan fingerprint density at radius 1 is 1.11 bits per heavy atom. The summed E-state index contributed by atoms with van der Waals surface area (Å²) in [6.45, 7) is 10.9. The molecule has 18 heavy (non-hydrogen) atoms. The second kappa shape index (κ2) is 6.07. The molecule has 0 aromatic rings. The van der Waals surface area contributed by atoms with Crippen molar-refractivity contribution >= 4 is 12.1 Å². The molecule has 0 aromatic heterocycles. The van der Waals surface area contributed by atoms with Crippen molar-refractivity contribution in [2.24, 2.45) is 0 Å². The zero-order chi connectivity index (χ0) is 14.6. The molecule has 0 atom stereocenters. The van der Waals surface area contributed by atoms with Crippen LogP contribution in [0.15, 0.2) is 0 Å². The molecule has 106 valence electrons. The molecule has 5 nitrogen and oxygen atoms in total. The van der Waals surface area contributed by atoms with Crippen molar-refractivity contribution < 1.29 is 19.4 Å². The number of aliphatic carboxylic acids is 1. The van der Waals surface area contributed by atoms with Crippen LogP contribution in [0.25, 0.3) is 0 Å². The number of amides is 1. The van der Waals surface area contributed by atoms with Crippen molar-refractivity contribution in [3.8, 4) is 0 Å². The second-order valence-corrected chi connectivity index (χ2v) is 5.27. The first kappa shape index (κ1) is 16.7. The van der Waals surface area contributed by atoms with Gasteiger partial charge in [0, 0.05) is 6.54 Å². The van der Waals surface area contributed by atoms with Gasteiger partial charge in [0.2, 0.25) is 0 Å². The van der Waals surface area contributed by atoms with Gasteiger partial charge in [-0.2, -0.15) is 0 Å². The van der Waals surface area contributed by atoms with E-state index in [0.29, 0.717) is 19.4 Å². The summed E-state index contributed by atoms with van der Waals surface area (Å²) in [6, 6.07) is 0. The molecule has 0 unspecified atom stereocenters. The topological polar surface area (TPSA) is 66.8 Å². The van der Waals surface area contributed by atoms with Crippen LogP contribution in [0.1, 0.15) is 54.4 Å². The molecule has 0 aliphatic carbocycles. The standard InChI is InChI=1S/C13H25NO4/c1-7-13(8-2,10(15)16)14(9-3)11(17)18-12(4,5)6/h7-9H2,1-6H3,(H,15,16). The van der Waals surface area contributed by atoms with Crippen LogP contribution in [0.5, 0.6) is 0 Å². The zero-order valence-corrected chi connectivity index (χ0v) is 12.2. The Hall–Kier alpha value is -1.26. The van der Waals surface area contributed by atoms with E-state index in [2.05, 4.69) is 0 Å². The molecule has 0 spiro atoms. The monoisotopic (exact) mass is 259 g/mol. The van der Waals surface area contributed by atoms with Crippen LogP contribution in [0.4, 0.5) is 4.79 Å². The Bertz CT molecular complexity index is 303. The Morgan fingerprint density at radius 3 is 1.78 bits per heavy atom. The van der Waals surface area contributed by atoms with E-state index in [9.17, 15) is 14.7 Å². The lowest BCUT2D eigenvalue weighted by Gasteiger charge is -2.39. The third-order valence-electron chi connectivity index (χ3n) is 3.01. The normalized spacial score (nSPS) is 12.1. The maximum Gasteiger partial charge on any atom is 0.411 e. The van der Waals surface area contributed by atoms with Crippen LogP contribution < -0.4 is 0 Å². The van der Waals surface area contributed by atoms with E-state index >= 15 is 0 Å². The molecule has 0 aliphatic rings. The van der Waals surface area contributed by atoms with Gasteiger partial charge in [0.05, 0.1) is 0 Å². The summed E-state index contributed by atoms with van der Waals surface area (Å²) in [4.78, 5) is 24.9. The van der Waals surface area contributed by atoms with E-state index in [-0.39, 0.29) is 0 Å². The first-order valence-electron chi connectivity index (χ1n) is 6.38. The SMILES string of the molecule is CCN(C(=O)OC(C)(C)C)C(CC)(CC)C(=O)O. The Morgan fingerprint density at radius 2 is 1.56 bits per heavy atom. The van der Waals surface area contributed by atoms with E-state index < -0.39 is 23.2 Å². The average Bonchev–Trinajstić information content (AvgIpc) is 2.22. The van der Waals surface area contributed by atoms with Crippen LogP contribution in [0, 0.1) is 0 Å². The fourth-order valence-corrected chi connectivity index (χ4v) is 1.97. The van der Waals surface area contributed by atoms with Crippen LogP contribution in [-0.4, -0.2) is 39.8 Å². The summed E-state index contributed by atoms with van der Waals surface area (Å²) in [5, 5.41) is 9.42. The number of ether oxygens (including phenoxy) is 1. The van der Waals surface area contributed by atoms with Crippen LogP contribution in [0.2, 0.25) is 0 Å². The molecule has 0 saturated carbocycles. The number of carbonyl (C=O) groups excluding carboxylic acids is 1. The Balaban J connectivity index is 5.27. The molecule has 0 aromatic carbocycles. The number of carboxylic acid groups (broad SMARTS) is 1. The summed E-state index contributed by atoms with van der Waals surface area (Å²) in [5.74, 6) is -0.986. The number of carbonyl (C=O) groups is 2. The molecule has 1 N–H and O–H groups in total. The minimum absolute atomic E-state index is 0.308. The van der Waals surface area contributed by atoms with E-state index in [0.717, 1.165) is 0 Å². The van der Waals surface area contributed by atoms with Crippen molar-refractivity contribution in [3.63, 3.8) is 0 Å². The molecule has 0 bridgehead atoms. The lowest BCUT2D eigenvalue weighted by molar-refractivity contribution is -0.151. The van der Waals surface area contributed by atoms with Crippen molar-refractivity contribution in [2.45, 2.75) is 65.5 Å². The number of carboxylic acids is 1. The molecule has 5 heteroatoms. The van der Waals surface area contributed by atoms with E-state index in [1.165, 1.54) is 4.90 Å².